The van der Waals surface area contributed by atoms with Crippen molar-refractivity contribution in [3.8, 4) is 0 Å². The first-order valence-electron chi connectivity index (χ1n) is 2.55. The maximum absolute atomic E-state index is 8.75. The summed E-state index contributed by atoms with van der Waals surface area (Å²) in [4.78, 5) is 0. The molecule has 3 nitrogen and oxygen atoms in total. The van der Waals surface area contributed by atoms with Crippen LogP contribution in [0.15, 0.2) is 23.4 Å². The van der Waals surface area contributed by atoms with Gasteiger partial charge in [0.1, 0.15) is 5.76 Å². The summed E-state index contributed by atoms with van der Waals surface area (Å²) in [6.45, 7) is 0. The maximum atomic E-state index is 8.75. The Morgan fingerprint density at radius 2 is 1.89 bits per heavy atom. The molecule has 0 spiro atoms. The Labute approximate surface area is 52.6 Å². The molecule has 0 aromatic carbocycles. The van der Waals surface area contributed by atoms with E-state index in [9.17, 15) is 0 Å². The Kier molecular flexibility index (Phi) is 1.34. The van der Waals surface area contributed by atoms with Gasteiger partial charge >= 0.3 is 0 Å². The molecule has 0 aliphatic heterocycles. The summed E-state index contributed by atoms with van der Waals surface area (Å²) in [5.74, 6) is -0.883. The normalized spacial score (nSPS) is 19.8. The van der Waals surface area contributed by atoms with E-state index in [0.717, 1.165) is 0 Å². The molecule has 1 radical (unpaired) electrons. The van der Waals surface area contributed by atoms with E-state index in [-0.39, 0.29) is 17.9 Å². The van der Waals surface area contributed by atoms with Crippen molar-refractivity contribution in [2.24, 2.45) is 0 Å². The van der Waals surface area contributed by atoms with Crippen molar-refractivity contribution >= 4 is 0 Å². The molecular weight excluding hydrogens is 120 g/mol. The van der Waals surface area contributed by atoms with Gasteiger partial charge in [-0.2, -0.15) is 0 Å². The summed E-state index contributed by atoms with van der Waals surface area (Å²) in [6.07, 6.45) is 3.19. The second kappa shape index (κ2) is 2.01. The lowest BCUT2D eigenvalue weighted by molar-refractivity contribution is 0.273. The molecule has 0 fully saturated rings. The van der Waals surface area contributed by atoms with Gasteiger partial charge in [-0.05, 0) is 12.5 Å². The molecule has 3 N–H and O–H groups in total. The van der Waals surface area contributed by atoms with Crippen LogP contribution in [0.3, 0.4) is 0 Å². The number of allylic oxidation sites excluding steroid dienone is 2. The molecule has 1 rings (SSSR count). The minimum Gasteiger partial charge on any atom is -0.508 e. The number of aliphatic hydroxyl groups excluding tert-OH is 3. The lowest BCUT2D eigenvalue weighted by Crippen LogP contribution is -1.99. The van der Waals surface area contributed by atoms with Crippen LogP contribution in [0.4, 0.5) is 0 Å². The highest BCUT2D eigenvalue weighted by molar-refractivity contribution is 5.28. The Morgan fingerprint density at radius 1 is 1.22 bits per heavy atom. The zero-order valence-corrected chi connectivity index (χ0v) is 4.70. The van der Waals surface area contributed by atoms with Gasteiger partial charge in [0.2, 0.25) is 0 Å². The first-order chi connectivity index (χ1) is 4.22. The monoisotopic (exact) mass is 127 g/mol. The maximum Gasteiger partial charge on any atom is 0.195 e. The van der Waals surface area contributed by atoms with Crippen LogP contribution in [0, 0.1) is 6.42 Å². The van der Waals surface area contributed by atoms with Crippen LogP contribution in [0.5, 0.6) is 0 Å². The van der Waals surface area contributed by atoms with Gasteiger partial charge in [0, 0.05) is 6.42 Å². The molecule has 1 aliphatic carbocycles. The van der Waals surface area contributed by atoms with Crippen LogP contribution in [0.1, 0.15) is 6.42 Å². The Balaban J connectivity index is 2.88. The Morgan fingerprint density at radius 3 is 2.33 bits per heavy atom. The molecule has 49 valence electrons. The predicted octanol–water partition coefficient (Wildman–Crippen LogP) is 1.36. The lowest BCUT2D eigenvalue weighted by Gasteiger charge is -2.07. The van der Waals surface area contributed by atoms with E-state index < -0.39 is 5.76 Å². The number of hydrogen-bond acceptors (Lipinski definition) is 3. The van der Waals surface area contributed by atoms with Crippen LogP contribution in [0.25, 0.3) is 0 Å². The van der Waals surface area contributed by atoms with E-state index in [2.05, 4.69) is 0 Å². The fourth-order valence-electron chi connectivity index (χ4n) is 0.606. The highest BCUT2D eigenvalue weighted by Gasteiger charge is 2.12. The quantitative estimate of drug-likeness (QED) is 0.460. The summed E-state index contributed by atoms with van der Waals surface area (Å²) in [5.41, 5.74) is 0. The molecule has 0 saturated carbocycles. The van der Waals surface area contributed by atoms with E-state index in [1.54, 1.807) is 6.42 Å². The Hall–Kier alpha value is -1.12. The molecule has 0 unspecified atom stereocenters. The standard InChI is InChI=1S/C6H7O3/c7-4-2-1-3-5(8)6(4)9/h1-2,7-9H,3H2. The fourth-order valence-corrected chi connectivity index (χ4v) is 0.606. The van der Waals surface area contributed by atoms with E-state index in [0.29, 0.717) is 0 Å². The number of aliphatic hydroxyl groups is 3. The summed E-state index contributed by atoms with van der Waals surface area (Å²) in [7, 11) is 0. The van der Waals surface area contributed by atoms with Crippen molar-refractivity contribution < 1.29 is 15.3 Å². The molecule has 0 amide bonds. The van der Waals surface area contributed by atoms with Crippen molar-refractivity contribution in [1.82, 2.24) is 0 Å². The lowest BCUT2D eigenvalue weighted by atomic mass is 10.1. The molecule has 0 aromatic rings. The Bertz CT molecular complexity index is 179. The van der Waals surface area contributed by atoms with E-state index in [1.807, 2.05) is 0 Å². The van der Waals surface area contributed by atoms with E-state index in [4.69, 9.17) is 15.3 Å². The topological polar surface area (TPSA) is 60.7 Å². The van der Waals surface area contributed by atoms with Gasteiger partial charge in [-0.3, -0.25) is 0 Å². The van der Waals surface area contributed by atoms with Crippen molar-refractivity contribution in [3.63, 3.8) is 0 Å². The fraction of sp³-hybridized carbons (Fsp3) is 0.167. The second-order valence-electron chi connectivity index (χ2n) is 1.79. The third-order valence-corrected chi connectivity index (χ3v) is 1.10. The summed E-state index contributed by atoms with van der Waals surface area (Å²) < 4.78 is 0. The highest BCUT2D eigenvalue weighted by atomic mass is 16.3. The van der Waals surface area contributed by atoms with Gasteiger partial charge in [0.05, 0.1) is 0 Å². The van der Waals surface area contributed by atoms with E-state index >= 15 is 0 Å². The first-order valence-corrected chi connectivity index (χ1v) is 2.55. The largest absolute Gasteiger partial charge is 0.508 e. The van der Waals surface area contributed by atoms with Gasteiger partial charge in [-0.1, -0.05) is 0 Å². The van der Waals surface area contributed by atoms with Crippen LogP contribution in [-0.4, -0.2) is 15.3 Å². The average Bonchev–Trinajstić information content (AvgIpc) is 1.83. The van der Waals surface area contributed by atoms with Crippen molar-refractivity contribution in [3.05, 3.63) is 29.8 Å². The van der Waals surface area contributed by atoms with Crippen LogP contribution >= 0.6 is 0 Å². The second-order valence-corrected chi connectivity index (χ2v) is 1.79. The van der Waals surface area contributed by atoms with Crippen molar-refractivity contribution in [2.45, 2.75) is 6.42 Å². The molecule has 0 bridgehead atoms. The third kappa shape index (κ3) is 0.988. The van der Waals surface area contributed by atoms with Gasteiger partial charge in [0.25, 0.3) is 0 Å². The molecule has 3 heteroatoms. The summed E-state index contributed by atoms with van der Waals surface area (Å²) in [5, 5.41) is 26.2. The van der Waals surface area contributed by atoms with Crippen molar-refractivity contribution in [1.29, 1.82) is 0 Å². The number of rotatable bonds is 0. The highest BCUT2D eigenvalue weighted by Crippen LogP contribution is 2.17. The average molecular weight is 127 g/mol. The van der Waals surface area contributed by atoms with Crippen LogP contribution < -0.4 is 0 Å². The molecule has 0 heterocycles. The van der Waals surface area contributed by atoms with Gasteiger partial charge in [-0.15, -0.1) is 0 Å². The van der Waals surface area contributed by atoms with Crippen molar-refractivity contribution in [2.75, 3.05) is 0 Å². The van der Waals surface area contributed by atoms with Gasteiger partial charge < -0.3 is 15.3 Å². The zero-order valence-electron chi connectivity index (χ0n) is 4.70. The molecule has 1 aliphatic rings. The van der Waals surface area contributed by atoms with E-state index in [1.165, 1.54) is 6.08 Å². The minimum atomic E-state index is -0.419. The predicted molar refractivity (Wildman–Crippen MR) is 31.9 cm³/mol. The molecule has 0 saturated heterocycles. The molecule has 9 heavy (non-hydrogen) atoms. The summed E-state index contributed by atoms with van der Waals surface area (Å²) in [6, 6.07) is 0. The van der Waals surface area contributed by atoms with Crippen LogP contribution in [0.2, 0.25) is 0 Å². The van der Waals surface area contributed by atoms with Gasteiger partial charge in [-0.25, -0.2) is 0 Å². The SMILES string of the molecule is OC1=C[CH]CC(O)=C1O. The molecular formula is C6H7O3. The molecule has 0 aromatic heterocycles. The zero-order chi connectivity index (χ0) is 6.85. The number of hydrogen-bond donors (Lipinski definition) is 3. The van der Waals surface area contributed by atoms with Crippen LogP contribution in [-0.2, 0) is 0 Å². The summed E-state index contributed by atoms with van der Waals surface area (Å²) >= 11 is 0. The molecule has 0 atom stereocenters. The minimum absolute atomic E-state index is 0.185. The third-order valence-electron chi connectivity index (χ3n) is 1.10. The smallest absolute Gasteiger partial charge is 0.195 e. The van der Waals surface area contributed by atoms with Gasteiger partial charge in [0.15, 0.2) is 11.5 Å². The first kappa shape index (κ1) is 6.01.